The van der Waals surface area contributed by atoms with E-state index in [0.717, 1.165) is 11.4 Å². The number of nitrogens with one attached hydrogen (secondary N) is 2. The fourth-order valence-corrected chi connectivity index (χ4v) is 2.19. The molecule has 0 aliphatic carbocycles. The predicted molar refractivity (Wildman–Crippen MR) is 95.9 cm³/mol. The van der Waals surface area contributed by atoms with Gasteiger partial charge in [-0.25, -0.2) is 9.97 Å². The Bertz CT molecular complexity index is 738. The molecular formula is C16H13Cl2N5. The van der Waals surface area contributed by atoms with Gasteiger partial charge in [-0.15, -0.1) is 0 Å². The first-order chi connectivity index (χ1) is 11.1. The van der Waals surface area contributed by atoms with Crippen LogP contribution in [0.4, 0.5) is 28.7 Å². The third-order valence-corrected chi connectivity index (χ3v) is 3.60. The molecule has 5 nitrogen and oxygen atoms in total. The molecule has 0 bridgehead atoms. The monoisotopic (exact) mass is 345 g/mol. The van der Waals surface area contributed by atoms with E-state index in [2.05, 4.69) is 20.6 Å². The second kappa shape index (κ2) is 6.73. The molecule has 0 aliphatic heterocycles. The van der Waals surface area contributed by atoms with E-state index < -0.39 is 0 Å². The lowest BCUT2D eigenvalue weighted by Crippen LogP contribution is -2.05. The molecule has 3 aromatic rings. The highest BCUT2D eigenvalue weighted by atomic mass is 35.5. The lowest BCUT2D eigenvalue weighted by atomic mass is 10.3. The van der Waals surface area contributed by atoms with Gasteiger partial charge < -0.3 is 16.4 Å². The number of anilines is 5. The normalized spacial score (nSPS) is 10.3. The summed E-state index contributed by atoms with van der Waals surface area (Å²) in [6.45, 7) is 0. The van der Waals surface area contributed by atoms with Crippen molar-refractivity contribution in [3.63, 3.8) is 0 Å². The molecule has 0 atom stereocenters. The van der Waals surface area contributed by atoms with E-state index in [-0.39, 0.29) is 0 Å². The van der Waals surface area contributed by atoms with E-state index in [0.29, 0.717) is 27.4 Å². The molecule has 1 aromatic heterocycles. The van der Waals surface area contributed by atoms with Gasteiger partial charge in [-0.3, -0.25) is 0 Å². The topological polar surface area (TPSA) is 75.9 Å². The molecule has 0 spiro atoms. The van der Waals surface area contributed by atoms with Crippen molar-refractivity contribution in [2.45, 2.75) is 0 Å². The van der Waals surface area contributed by atoms with E-state index in [1.807, 2.05) is 24.3 Å². The summed E-state index contributed by atoms with van der Waals surface area (Å²) < 4.78 is 0. The Morgan fingerprint density at radius 2 is 1.09 bits per heavy atom. The molecule has 7 heteroatoms. The fraction of sp³-hybridized carbons (Fsp3) is 0. The van der Waals surface area contributed by atoms with Gasteiger partial charge in [0.25, 0.3) is 0 Å². The van der Waals surface area contributed by atoms with E-state index in [1.165, 1.54) is 6.33 Å². The maximum atomic E-state index is 6.14. The molecule has 2 aromatic carbocycles. The molecule has 1 heterocycles. The number of rotatable bonds is 4. The predicted octanol–water partition coefficient (Wildman–Crippen LogP) is 4.85. The maximum Gasteiger partial charge on any atom is 0.159 e. The highest BCUT2D eigenvalue weighted by molar-refractivity contribution is 6.30. The lowest BCUT2D eigenvalue weighted by Gasteiger charge is -2.12. The molecule has 3 rings (SSSR count). The lowest BCUT2D eigenvalue weighted by molar-refractivity contribution is 1.17. The molecule has 0 amide bonds. The molecule has 0 saturated carbocycles. The molecule has 0 fully saturated rings. The zero-order chi connectivity index (χ0) is 16.2. The Labute approximate surface area is 143 Å². The van der Waals surface area contributed by atoms with Crippen LogP contribution in [0.15, 0.2) is 54.9 Å². The first-order valence-corrected chi connectivity index (χ1v) is 7.53. The SMILES string of the molecule is Nc1c(Nc2ccc(Cl)cc2)ncnc1Nc1ccc(Cl)cc1. The van der Waals surface area contributed by atoms with Crippen molar-refractivity contribution in [1.29, 1.82) is 0 Å². The van der Waals surface area contributed by atoms with Gasteiger partial charge in [0.1, 0.15) is 12.0 Å². The molecule has 0 aliphatic rings. The molecular weight excluding hydrogens is 333 g/mol. The summed E-state index contributed by atoms with van der Waals surface area (Å²) in [5.74, 6) is 1.03. The van der Waals surface area contributed by atoms with Gasteiger partial charge >= 0.3 is 0 Å². The van der Waals surface area contributed by atoms with Crippen molar-refractivity contribution in [3.05, 3.63) is 64.9 Å². The molecule has 116 valence electrons. The van der Waals surface area contributed by atoms with Crippen LogP contribution in [0.1, 0.15) is 0 Å². The van der Waals surface area contributed by atoms with E-state index in [4.69, 9.17) is 28.9 Å². The number of benzene rings is 2. The number of nitrogens with two attached hydrogens (primary N) is 1. The van der Waals surface area contributed by atoms with Crippen LogP contribution < -0.4 is 16.4 Å². The van der Waals surface area contributed by atoms with Crippen LogP contribution in [-0.2, 0) is 0 Å². The number of aromatic nitrogens is 2. The third kappa shape index (κ3) is 3.83. The van der Waals surface area contributed by atoms with Crippen LogP contribution in [0, 0.1) is 0 Å². The van der Waals surface area contributed by atoms with Crippen molar-refractivity contribution < 1.29 is 0 Å². The minimum Gasteiger partial charge on any atom is -0.393 e. The van der Waals surface area contributed by atoms with Crippen molar-refractivity contribution in [3.8, 4) is 0 Å². The van der Waals surface area contributed by atoms with E-state index in [9.17, 15) is 0 Å². The highest BCUT2D eigenvalue weighted by Crippen LogP contribution is 2.28. The van der Waals surface area contributed by atoms with Crippen LogP contribution in [0.3, 0.4) is 0 Å². The van der Waals surface area contributed by atoms with E-state index in [1.54, 1.807) is 24.3 Å². The van der Waals surface area contributed by atoms with Crippen LogP contribution in [0.5, 0.6) is 0 Å². The molecule has 0 unspecified atom stereocenters. The van der Waals surface area contributed by atoms with Crippen LogP contribution >= 0.6 is 23.2 Å². The van der Waals surface area contributed by atoms with Crippen LogP contribution in [0.25, 0.3) is 0 Å². The summed E-state index contributed by atoms with van der Waals surface area (Å²) >= 11 is 11.8. The van der Waals surface area contributed by atoms with Gasteiger partial charge in [-0.2, -0.15) is 0 Å². The quantitative estimate of drug-likeness (QED) is 0.629. The molecule has 23 heavy (non-hydrogen) atoms. The molecule has 4 N–H and O–H groups in total. The smallest absolute Gasteiger partial charge is 0.159 e. The number of hydrogen-bond donors (Lipinski definition) is 3. The summed E-state index contributed by atoms with van der Waals surface area (Å²) in [7, 11) is 0. The summed E-state index contributed by atoms with van der Waals surface area (Å²) in [6, 6.07) is 14.5. The maximum absolute atomic E-state index is 6.14. The van der Waals surface area contributed by atoms with E-state index >= 15 is 0 Å². The Morgan fingerprint density at radius 1 is 0.696 bits per heavy atom. The molecule has 0 radical (unpaired) electrons. The zero-order valence-electron chi connectivity index (χ0n) is 11.9. The van der Waals surface area contributed by atoms with Gasteiger partial charge in [0.2, 0.25) is 0 Å². The van der Waals surface area contributed by atoms with Gasteiger partial charge in [-0.05, 0) is 48.5 Å². The second-order valence-corrected chi connectivity index (χ2v) is 5.62. The number of halogens is 2. The van der Waals surface area contributed by atoms with Gasteiger partial charge in [-0.1, -0.05) is 23.2 Å². The standard InChI is InChI=1S/C16H13Cl2N5/c17-10-1-5-12(6-2-10)22-15-14(19)16(21-9-20-15)23-13-7-3-11(18)4-8-13/h1-9H,19H2,(H2,20,21,22,23). The van der Waals surface area contributed by atoms with Crippen molar-refractivity contribution in [1.82, 2.24) is 9.97 Å². The van der Waals surface area contributed by atoms with Crippen LogP contribution in [-0.4, -0.2) is 9.97 Å². The van der Waals surface area contributed by atoms with Gasteiger partial charge in [0, 0.05) is 21.4 Å². The average molecular weight is 346 g/mol. The van der Waals surface area contributed by atoms with Crippen molar-refractivity contribution in [2.75, 3.05) is 16.4 Å². The van der Waals surface area contributed by atoms with Crippen LogP contribution in [0.2, 0.25) is 10.0 Å². The number of nitrogen functional groups attached to an aromatic ring is 1. The number of nitrogens with zero attached hydrogens (tertiary/aromatic N) is 2. The summed E-state index contributed by atoms with van der Waals surface area (Å²) in [5, 5.41) is 7.60. The molecule has 0 saturated heterocycles. The Kier molecular flexibility index (Phi) is 4.50. The first kappa shape index (κ1) is 15.4. The minimum atomic E-state index is 0.414. The Balaban J connectivity index is 1.83. The average Bonchev–Trinajstić information content (AvgIpc) is 2.55. The number of hydrogen-bond acceptors (Lipinski definition) is 5. The van der Waals surface area contributed by atoms with Gasteiger partial charge in [0.05, 0.1) is 0 Å². The third-order valence-electron chi connectivity index (χ3n) is 3.10. The van der Waals surface area contributed by atoms with Crippen molar-refractivity contribution in [2.24, 2.45) is 0 Å². The van der Waals surface area contributed by atoms with Crippen molar-refractivity contribution >= 4 is 51.9 Å². The Hall–Kier alpha value is -2.50. The first-order valence-electron chi connectivity index (χ1n) is 6.77. The largest absolute Gasteiger partial charge is 0.393 e. The van der Waals surface area contributed by atoms with Gasteiger partial charge in [0.15, 0.2) is 11.6 Å². The zero-order valence-corrected chi connectivity index (χ0v) is 13.4. The second-order valence-electron chi connectivity index (χ2n) is 4.75. The fourth-order valence-electron chi connectivity index (χ4n) is 1.93. The summed E-state index contributed by atoms with van der Waals surface area (Å²) in [6.07, 6.45) is 1.44. The minimum absolute atomic E-state index is 0.414. The highest BCUT2D eigenvalue weighted by Gasteiger charge is 2.08. The summed E-state index contributed by atoms with van der Waals surface area (Å²) in [5.41, 5.74) is 8.21. The summed E-state index contributed by atoms with van der Waals surface area (Å²) in [4.78, 5) is 8.34. The Morgan fingerprint density at radius 3 is 1.48 bits per heavy atom.